The fourth-order valence-electron chi connectivity index (χ4n) is 5.04. The third-order valence-corrected chi connectivity index (χ3v) is 7.31. The Kier molecular flexibility index (Phi) is 18.8. The lowest BCUT2D eigenvalue weighted by atomic mass is 10.0. The number of para-hydroxylation sites is 1. The van der Waals surface area contributed by atoms with Crippen LogP contribution >= 0.6 is 12.4 Å². The van der Waals surface area contributed by atoms with Gasteiger partial charge < -0.3 is 15.6 Å². The Balaban J connectivity index is 0.00000882. The fourth-order valence-corrected chi connectivity index (χ4v) is 5.04. The van der Waals surface area contributed by atoms with E-state index in [0.29, 0.717) is 18.5 Å². The lowest BCUT2D eigenvalue weighted by molar-refractivity contribution is -0.153. The number of ether oxygens (including phenoxy) is 1. The standard InChI is InChI=1S/C32H47N3O6.ClH/c1-2-3-4-5-6-7-8-9-10-11-12-17-27(22-30(33)37)41-32(40)29(19-15-20-31(38)39)35(24-36)26-21-25-16-13-14-18-28(25)34-23-26;/h13-14,16,18,21,23-24,27,29H,2-12,15,17,19-20,22H2,1H3,(H2,33,37)(H,38,39);1H/t27?,29-;/m0./s1. The molecule has 1 heterocycles. The number of primary amides is 1. The van der Waals surface area contributed by atoms with E-state index in [1.807, 2.05) is 24.3 Å². The first-order chi connectivity index (χ1) is 19.8. The number of amides is 2. The third-order valence-electron chi connectivity index (χ3n) is 7.31. The predicted octanol–water partition coefficient (Wildman–Crippen LogP) is 6.73. The number of hydrogen-bond acceptors (Lipinski definition) is 6. The molecule has 2 amide bonds. The number of benzene rings is 1. The van der Waals surface area contributed by atoms with Crippen LogP contribution in [0.5, 0.6) is 0 Å². The van der Waals surface area contributed by atoms with Gasteiger partial charge in [0.15, 0.2) is 0 Å². The molecule has 0 saturated heterocycles. The van der Waals surface area contributed by atoms with Crippen molar-refractivity contribution in [3.8, 4) is 0 Å². The number of halogens is 1. The summed E-state index contributed by atoms with van der Waals surface area (Å²) in [5, 5.41) is 9.90. The van der Waals surface area contributed by atoms with Crippen molar-refractivity contribution in [2.45, 2.75) is 122 Å². The smallest absolute Gasteiger partial charge is 0.329 e. The highest BCUT2D eigenvalue weighted by molar-refractivity contribution is 5.92. The molecule has 10 heteroatoms. The highest BCUT2D eigenvalue weighted by Crippen LogP contribution is 2.24. The molecule has 9 nitrogen and oxygen atoms in total. The second-order valence-corrected chi connectivity index (χ2v) is 10.8. The van der Waals surface area contributed by atoms with E-state index in [1.165, 1.54) is 56.0 Å². The van der Waals surface area contributed by atoms with Crippen molar-refractivity contribution in [1.82, 2.24) is 4.98 Å². The van der Waals surface area contributed by atoms with Gasteiger partial charge in [-0.1, -0.05) is 89.3 Å². The first-order valence-corrected chi connectivity index (χ1v) is 15.1. The molecular formula is C32H48ClN3O6. The molecule has 0 spiro atoms. The maximum Gasteiger partial charge on any atom is 0.329 e. The summed E-state index contributed by atoms with van der Waals surface area (Å²) in [4.78, 5) is 54.1. The summed E-state index contributed by atoms with van der Waals surface area (Å²) < 4.78 is 5.76. The number of aliphatic carboxylic acids is 1. The van der Waals surface area contributed by atoms with Gasteiger partial charge in [-0.05, 0) is 37.8 Å². The fraction of sp³-hybridized carbons (Fsp3) is 0.594. The molecule has 234 valence electrons. The van der Waals surface area contributed by atoms with Gasteiger partial charge in [-0.2, -0.15) is 0 Å². The van der Waals surface area contributed by atoms with Crippen LogP contribution in [0.25, 0.3) is 10.9 Å². The molecule has 0 aliphatic carbocycles. The Hall–Kier alpha value is -3.20. The summed E-state index contributed by atoms with van der Waals surface area (Å²) in [6, 6.07) is 8.07. The van der Waals surface area contributed by atoms with Gasteiger partial charge >= 0.3 is 11.9 Å². The molecule has 1 unspecified atom stereocenters. The highest BCUT2D eigenvalue weighted by atomic mass is 35.5. The van der Waals surface area contributed by atoms with Gasteiger partial charge in [0.05, 0.1) is 23.8 Å². The van der Waals surface area contributed by atoms with E-state index >= 15 is 0 Å². The molecule has 0 aliphatic rings. The Labute approximate surface area is 256 Å². The minimum absolute atomic E-state index is 0. The normalized spacial score (nSPS) is 12.2. The first-order valence-electron chi connectivity index (χ1n) is 15.1. The second-order valence-electron chi connectivity index (χ2n) is 10.8. The van der Waals surface area contributed by atoms with Crippen LogP contribution < -0.4 is 10.6 Å². The number of carboxylic acids is 1. The van der Waals surface area contributed by atoms with E-state index in [2.05, 4.69) is 11.9 Å². The van der Waals surface area contributed by atoms with Gasteiger partial charge in [0.2, 0.25) is 12.3 Å². The molecular weight excluding hydrogens is 558 g/mol. The number of nitrogens with two attached hydrogens (primary N) is 1. The van der Waals surface area contributed by atoms with E-state index in [9.17, 15) is 19.2 Å². The van der Waals surface area contributed by atoms with Crippen LogP contribution in [-0.2, 0) is 23.9 Å². The molecule has 2 aromatic rings. The van der Waals surface area contributed by atoms with Crippen molar-refractivity contribution in [3.05, 3.63) is 36.5 Å². The van der Waals surface area contributed by atoms with Gasteiger partial charge in [-0.3, -0.25) is 24.3 Å². The molecule has 2 atom stereocenters. The number of carbonyl (C=O) groups is 4. The Bertz CT molecular complexity index is 1100. The number of nitrogens with zero attached hydrogens (tertiary/aromatic N) is 2. The van der Waals surface area contributed by atoms with Crippen molar-refractivity contribution in [2.75, 3.05) is 4.90 Å². The molecule has 0 radical (unpaired) electrons. The largest absolute Gasteiger partial charge is 0.481 e. The predicted molar refractivity (Wildman–Crippen MR) is 168 cm³/mol. The van der Waals surface area contributed by atoms with Gasteiger partial charge in [0.1, 0.15) is 12.1 Å². The lowest BCUT2D eigenvalue weighted by Crippen LogP contribution is -2.43. The van der Waals surface area contributed by atoms with Crippen LogP contribution in [0.2, 0.25) is 0 Å². The number of anilines is 1. The Morgan fingerprint density at radius 3 is 2.17 bits per heavy atom. The van der Waals surface area contributed by atoms with E-state index in [0.717, 1.165) is 36.6 Å². The lowest BCUT2D eigenvalue weighted by Gasteiger charge is -2.28. The number of fused-ring (bicyclic) bond motifs is 1. The zero-order valence-corrected chi connectivity index (χ0v) is 25.7. The molecule has 1 aromatic heterocycles. The number of aromatic nitrogens is 1. The quantitative estimate of drug-likeness (QED) is 0.0812. The number of esters is 1. The molecule has 1 aromatic carbocycles. The van der Waals surface area contributed by atoms with E-state index in [4.69, 9.17) is 15.6 Å². The number of rotatable bonds is 23. The second kappa shape index (κ2) is 21.5. The highest BCUT2D eigenvalue weighted by Gasteiger charge is 2.30. The summed E-state index contributed by atoms with van der Waals surface area (Å²) >= 11 is 0. The van der Waals surface area contributed by atoms with Crippen molar-refractivity contribution in [2.24, 2.45) is 5.73 Å². The molecule has 42 heavy (non-hydrogen) atoms. The maximum atomic E-state index is 13.4. The van der Waals surface area contributed by atoms with Crippen LogP contribution in [0.4, 0.5) is 5.69 Å². The average Bonchev–Trinajstić information content (AvgIpc) is 2.94. The van der Waals surface area contributed by atoms with Crippen LogP contribution in [0.3, 0.4) is 0 Å². The third kappa shape index (κ3) is 14.1. The van der Waals surface area contributed by atoms with Crippen molar-refractivity contribution >= 4 is 53.3 Å². The zero-order chi connectivity index (χ0) is 29.9. The summed E-state index contributed by atoms with van der Waals surface area (Å²) in [5.41, 5.74) is 6.58. The van der Waals surface area contributed by atoms with E-state index in [-0.39, 0.29) is 38.1 Å². The van der Waals surface area contributed by atoms with Crippen LogP contribution in [-0.4, -0.2) is 46.5 Å². The molecule has 0 fully saturated rings. The van der Waals surface area contributed by atoms with Crippen molar-refractivity contribution in [1.29, 1.82) is 0 Å². The Morgan fingerprint density at radius 2 is 1.57 bits per heavy atom. The van der Waals surface area contributed by atoms with Gasteiger partial charge in [-0.25, -0.2) is 4.79 Å². The van der Waals surface area contributed by atoms with Gasteiger partial charge in [0, 0.05) is 11.8 Å². The van der Waals surface area contributed by atoms with Crippen LogP contribution in [0, 0.1) is 0 Å². The van der Waals surface area contributed by atoms with Gasteiger partial charge in [-0.15, -0.1) is 12.4 Å². The maximum absolute atomic E-state index is 13.4. The number of carbonyl (C=O) groups excluding carboxylic acids is 3. The summed E-state index contributed by atoms with van der Waals surface area (Å²) in [6.45, 7) is 2.22. The van der Waals surface area contributed by atoms with E-state index < -0.39 is 30.0 Å². The zero-order valence-electron chi connectivity index (χ0n) is 24.9. The topological polar surface area (TPSA) is 140 Å². The molecule has 3 N–H and O–H groups in total. The minimum Gasteiger partial charge on any atom is -0.481 e. The molecule has 2 rings (SSSR count). The summed E-state index contributed by atoms with van der Waals surface area (Å²) in [7, 11) is 0. The monoisotopic (exact) mass is 605 g/mol. The average molecular weight is 606 g/mol. The Morgan fingerprint density at radius 1 is 0.952 bits per heavy atom. The number of carboxylic acid groups (broad SMARTS) is 1. The van der Waals surface area contributed by atoms with Crippen molar-refractivity contribution in [3.63, 3.8) is 0 Å². The van der Waals surface area contributed by atoms with Crippen LogP contribution in [0.1, 0.15) is 110 Å². The van der Waals surface area contributed by atoms with Crippen LogP contribution in [0.15, 0.2) is 36.5 Å². The minimum atomic E-state index is -1.07. The van der Waals surface area contributed by atoms with Gasteiger partial charge in [0.25, 0.3) is 0 Å². The number of hydrogen-bond donors (Lipinski definition) is 2. The number of unbranched alkanes of at least 4 members (excludes halogenated alkanes) is 10. The molecule has 0 saturated carbocycles. The molecule has 0 aliphatic heterocycles. The molecule has 0 bridgehead atoms. The van der Waals surface area contributed by atoms with Crippen molar-refractivity contribution < 1.29 is 29.0 Å². The van der Waals surface area contributed by atoms with E-state index in [1.54, 1.807) is 6.07 Å². The summed E-state index contributed by atoms with van der Waals surface area (Å²) in [6.07, 6.45) is 14.8. The summed E-state index contributed by atoms with van der Waals surface area (Å²) in [5.74, 6) is -2.26. The first kappa shape index (κ1) is 36.8. The SMILES string of the molecule is CCCCCCCCCCCCCC(CC(N)=O)OC(=O)[C@H](CCCC(=O)O)N(C=O)c1cnc2ccccc2c1.Cl. The number of pyridine rings is 1.